The van der Waals surface area contributed by atoms with Crippen LogP contribution < -0.4 is 0 Å². The molecule has 17 heavy (non-hydrogen) atoms. The highest BCUT2D eigenvalue weighted by Gasteiger charge is 2.12. The maximum atomic E-state index is 13.0. The molecular weight excluding hydrogens is 224 g/mol. The Hall–Kier alpha value is -1.97. The van der Waals surface area contributed by atoms with E-state index in [9.17, 15) is 13.6 Å². The second-order valence-corrected chi connectivity index (χ2v) is 3.77. The lowest BCUT2D eigenvalue weighted by molar-refractivity contribution is -0.128. The van der Waals surface area contributed by atoms with Gasteiger partial charge in [0.1, 0.15) is 11.6 Å². The summed E-state index contributed by atoms with van der Waals surface area (Å²) in [4.78, 5) is 13.1. The maximum Gasteiger partial charge on any atom is 0.230 e. The van der Waals surface area contributed by atoms with Crippen molar-refractivity contribution < 1.29 is 13.6 Å². The first-order valence-electron chi connectivity index (χ1n) is 5.23. The van der Waals surface area contributed by atoms with Crippen LogP contribution in [-0.2, 0) is 11.3 Å². The van der Waals surface area contributed by atoms with Crippen LogP contribution in [0, 0.1) is 11.6 Å². The monoisotopic (exact) mass is 235 g/mol. The smallest absolute Gasteiger partial charge is 0.230 e. The number of halogens is 2. The van der Waals surface area contributed by atoms with Crippen molar-refractivity contribution in [2.75, 3.05) is 0 Å². The lowest BCUT2D eigenvalue weighted by Gasteiger charge is -2.17. The zero-order chi connectivity index (χ0) is 12.3. The molecule has 0 fully saturated rings. The fraction of sp³-hybridized carbons (Fsp3) is 0.154. The third-order valence-corrected chi connectivity index (χ3v) is 2.40. The molecule has 0 bridgehead atoms. The molecule has 1 amide bonds. The molecule has 1 aliphatic rings. The molecule has 2 nitrogen and oxygen atoms in total. The Labute approximate surface area is 97.9 Å². The van der Waals surface area contributed by atoms with Gasteiger partial charge in [0.25, 0.3) is 0 Å². The standard InChI is InChI=1S/C13H11F2NO/c14-11-6-10(7-12(15)8-11)9-16-5-3-1-2-4-13(16)17/h1-3,5-8H,4,9H2. The molecule has 1 aromatic rings. The Bertz CT molecular complexity index is 474. The molecule has 0 radical (unpaired) electrons. The largest absolute Gasteiger partial charge is 0.314 e. The summed E-state index contributed by atoms with van der Waals surface area (Å²) >= 11 is 0. The van der Waals surface area contributed by atoms with Gasteiger partial charge in [-0.1, -0.05) is 12.2 Å². The maximum absolute atomic E-state index is 13.0. The van der Waals surface area contributed by atoms with Gasteiger partial charge in [-0.2, -0.15) is 0 Å². The van der Waals surface area contributed by atoms with E-state index in [1.54, 1.807) is 24.4 Å². The number of rotatable bonds is 2. The molecule has 0 unspecified atom stereocenters. The molecule has 1 aromatic carbocycles. The summed E-state index contributed by atoms with van der Waals surface area (Å²) in [5.74, 6) is -1.37. The van der Waals surface area contributed by atoms with E-state index in [0.29, 0.717) is 12.0 Å². The van der Waals surface area contributed by atoms with Gasteiger partial charge >= 0.3 is 0 Å². The number of benzene rings is 1. The predicted molar refractivity (Wildman–Crippen MR) is 59.8 cm³/mol. The van der Waals surface area contributed by atoms with E-state index >= 15 is 0 Å². The summed E-state index contributed by atoms with van der Waals surface area (Å²) in [5, 5.41) is 0. The van der Waals surface area contributed by atoms with Gasteiger partial charge in [0.05, 0.1) is 6.54 Å². The summed E-state index contributed by atoms with van der Waals surface area (Å²) in [7, 11) is 0. The first kappa shape index (κ1) is 11.5. The molecule has 88 valence electrons. The van der Waals surface area contributed by atoms with Crippen LogP contribution in [0.15, 0.2) is 42.6 Å². The van der Waals surface area contributed by atoms with Gasteiger partial charge in [0, 0.05) is 18.7 Å². The second kappa shape index (κ2) is 4.91. The van der Waals surface area contributed by atoms with Crippen LogP contribution in [0.1, 0.15) is 12.0 Å². The molecule has 0 saturated heterocycles. The third-order valence-electron chi connectivity index (χ3n) is 2.40. The zero-order valence-corrected chi connectivity index (χ0v) is 9.07. The number of hydrogen-bond donors (Lipinski definition) is 0. The van der Waals surface area contributed by atoms with Crippen LogP contribution in [0.3, 0.4) is 0 Å². The quantitative estimate of drug-likeness (QED) is 0.771. The number of amides is 1. The van der Waals surface area contributed by atoms with Gasteiger partial charge in [0.2, 0.25) is 5.91 Å². The van der Waals surface area contributed by atoms with E-state index in [2.05, 4.69) is 0 Å². The number of nitrogens with zero attached hydrogens (tertiary/aromatic N) is 1. The molecule has 0 spiro atoms. The molecule has 0 atom stereocenters. The average molecular weight is 235 g/mol. The van der Waals surface area contributed by atoms with Crippen molar-refractivity contribution in [3.63, 3.8) is 0 Å². The topological polar surface area (TPSA) is 20.3 Å². The van der Waals surface area contributed by atoms with E-state index in [0.717, 1.165) is 6.07 Å². The molecule has 0 aromatic heterocycles. The van der Waals surface area contributed by atoms with Gasteiger partial charge < -0.3 is 4.90 Å². The van der Waals surface area contributed by atoms with Gasteiger partial charge in [-0.15, -0.1) is 0 Å². The minimum atomic E-state index is -0.635. The highest BCUT2D eigenvalue weighted by molar-refractivity contribution is 5.79. The van der Waals surface area contributed by atoms with Crippen molar-refractivity contribution in [1.29, 1.82) is 0 Å². The minimum absolute atomic E-state index is 0.0975. The Kier molecular flexibility index (Phi) is 3.32. The Balaban J connectivity index is 2.17. The summed E-state index contributed by atoms with van der Waals surface area (Å²) in [6, 6.07) is 3.26. The van der Waals surface area contributed by atoms with E-state index < -0.39 is 11.6 Å². The normalized spacial score (nSPS) is 15.2. The van der Waals surface area contributed by atoms with Crippen molar-refractivity contribution in [2.45, 2.75) is 13.0 Å². The van der Waals surface area contributed by atoms with Gasteiger partial charge in [-0.25, -0.2) is 8.78 Å². The molecule has 2 rings (SSSR count). The summed E-state index contributed by atoms with van der Waals surface area (Å²) in [5.41, 5.74) is 0.433. The van der Waals surface area contributed by atoms with Crippen molar-refractivity contribution in [2.24, 2.45) is 0 Å². The molecule has 0 N–H and O–H groups in total. The zero-order valence-electron chi connectivity index (χ0n) is 9.07. The molecule has 1 aliphatic heterocycles. The van der Waals surface area contributed by atoms with Crippen molar-refractivity contribution in [3.05, 3.63) is 59.8 Å². The van der Waals surface area contributed by atoms with Crippen molar-refractivity contribution in [3.8, 4) is 0 Å². The fourth-order valence-electron chi connectivity index (χ4n) is 1.64. The Morgan fingerprint density at radius 3 is 2.53 bits per heavy atom. The van der Waals surface area contributed by atoms with Crippen molar-refractivity contribution >= 4 is 5.91 Å². The Morgan fingerprint density at radius 2 is 1.82 bits per heavy atom. The molecule has 0 saturated carbocycles. The van der Waals surface area contributed by atoms with Crippen molar-refractivity contribution in [1.82, 2.24) is 4.90 Å². The van der Waals surface area contributed by atoms with Crippen LogP contribution in [0.2, 0.25) is 0 Å². The van der Waals surface area contributed by atoms with Gasteiger partial charge in [-0.3, -0.25) is 4.79 Å². The number of carbonyl (C=O) groups excluding carboxylic acids is 1. The summed E-state index contributed by atoms with van der Waals surface area (Å²) in [6.45, 7) is 0.172. The van der Waals surface area contributed by atoms with Crippen LogP contribution in [0.25, 0.3) is 0 Å². The number of carbonyl (C=O) groups is 1. The lowest BCUT2D eigenvalue weighted by Crippen LogP contribution is -2.23. The van der Waals surface area contributed by atoms with Gasteiger partial charge in [-0.05, 0) is 23.8 Å². The van der Waals surface area contributed by atoms with Crippen LogP contribution in [0.4, 0.5) is 8.78 Å². The number of hydrogen-bond acceptors (Lipinski definition) is 1. The fourth-order valence-corrected chi connectivity index (χ4v) is 1.64. The molecule has 4 heteroatoms. The van der Waals surface area contributed by atoms with E-state index in [4.69, 9.17) is 0 Å². The lowest BCUT2D eigenvalue weighted by atomic mass is 10.2. The van der Waals surface area contributed by atoms with Gasteiger partial charge in [0.15, 0.2) is 0 Å². The van der Waals surface area contributed by atoms with Crippen LogP contribution in [-0.4, -0.2) is 10.8 Å². The molecular formula is C13H11F2NO. The minimum Gasteiger partial charge on any atom is -0.314 e. The SMILES string of the molecule is O=C1CC=CC=CN1Cc1cc(F)cc(F)c1. The Morgan fingerprint density at radius 1 is 1.12 bits per heavy atom. The van der Waals surface area contributed by atoms with Crippen LogP contribution in [0.5, 0.6) is 0 Å². The van der Waals surface area contributed by atoms with Crippen LogP contribution >= 0.6 is 0 Å². The highest BCUT2D eigenvalue weighted by Crippen LogP contribution is 2.13. The predicted octanol–water partition coefficient (Wildman–Crippen LogP) is 2.77. The number of allylic oxidation sites excluding steroid dienone is 2. The van der Waals surface area contributed by atoms with E-state index in [-0.39, 0.29) is 12.5 Å². The highest BCUT2D eigenvalue weighted by atomic mass is 19.1. The van der Waals surface area contributed by atoms with E-state index in [1.165, 1.54) is 17.0 Å². The average Bonchev–Trinajstić information content (AvgIpc) is 2.43. The second-order valence-electron chi connectivity index (χ2n) is 3.77. The summed E-state index contributed by atoms with van der Waals surface area (Å²) < 4.78 is 26.0. The first-order valence-corrected chi connectivity index (χ1v) is 5.23. The third kappa shape index (κ3) is 3.00. The first-order chi connectivity index (χ1) is 8.15. The molecule has 1 heterocycles. The van der Waals surface area contributed by atoms with E-state index in [1.807, 2.05) is 0 Å². The molecule has 0 aliphatic carbocycles. The summed E-state index contributed by atoms with van der Waals surface area (Å²) in [6.07, 6.45) is 7.13.